The fourth-order valence-corrected chi connectivity index (χ4v) is 1.79. The van der Waals surface area contributed by atoms with Crippen molar-refractivity contribution in [2.45, 2.75) is 26.4 Å². The fraction of sp³-hybridized carbons (Fsp3) is 0.500. The van der Waals surface area contributed by atoms with Gasteiger partial charge in [0.05, 0.1) is 18.0 Å². The van der Waals surface area contributed by atoms with Crippen LogP contribution in [0.4, 0.5) is 10.5 Å². The Labute approximate surface area is 115 Å². The summed E-state index contributed by atoms with van der Waals surface area (Å²) in [5.41, 5.74) is 0.638. The van der Waals surface area contributed by atoms with Gasteiger partial charge in [-0.15, -0.1) is 0 Å². The molecular weight excluding hydrogens is 298 g/mol. The molecule has 18 heavy (non-hydrogen) atoms. The summed E-state index contributed by atoms with van der Waals surface area (Å²) in [4.78, 5) is 15.6. The van der Waals surface area contributed by atoms with E-state index in [9.17, 15) is 9.90 Å². The van der Waals surface area contributed by atoms with Crippen molar-refractivity contribution < 1.29 is 9.90 Å². The topological polar surface area (TPSA) is 74.2 Å². The number of anilines is 1. The zero-order valence-electron chi connectivity index (χ0n) is 10.5. The molecule has 5 nitrogen and oxygen atoms in total. The van der Waals surface area contributed by atoms with Gasteiger partial charge in [-0.3, -0.25) is 0 Å². The molecule has 1 heterocycles. The summed E-state index contributed by atoms with van der Waals surface area (Å²) in [6, 6.07) is 3.25. The van der Waals surface area contributed by atoms with E-state index in [2.05, 4.69) is 31.5 Å². The van der Waals surface area contributed by atoms with Crippen LogP contribution >= 0.6 is 15.9 Å². The number of rotatable bonds is 5. The molecule has 1 rings (SSSR count). The minimum absolute atomic E-state index is 0.235. The van der Waals surface area contributed by atoms with Gasteiger partial charge in [0.1, 0.15) is 4.60 Å². The minimum atomic E-state index is -0.347. The van der Waals surface area contributed by atoms with Gasteiger partial charge in [-0.05, 0) is 47.3 Å². The summed E-state index contributed by atoms with van der Waals surface area (Å²) in [7, 11) is 0. The van der Waals surface area contributed by atoms with Crippen LogP contribution in [0.2, 0.25) is 0 Å². The maximum atomic E-state index is 11.6. The monoisotopic (exact) mass is 315 g/mol. The van der Waals surface area contributed by atoms with E-state index in [1.807, 2.05) is 6.92 Å². The highest BCUT2D eigenvalue weighted by Gasteiger charge is 2.08. The van der Waals surface area contributed by atoms with E-state index in [0.29, 0.717) is 18.7 Å². The number of amides is 2. The second kappa shape index (κ2) is 7.33. The zero-order chi connectivity index (χ0) is 13.5. The lowest BCUT2D eigenvalue weighted by Gasteiger charge is -2.14. The van der Waals surface area contributed by atoms with Crippen LogP contribution in [0.1, 0.15) is 20.3 Å². The van der Waals surface area contributed by atoms with Crippen molar-refractivity contribution in [3.05, 3.63) is 22.9 Å². The number of carbonyl (C=O) groups excluding carboxylic acids is 1. The molecule has 1 aromatic rings. The molecule has 6 heteroatoms. The molecule has 2 unspecified atom stereocenters. The van der Waals surface area contributed by atoms with Crippen LogP contribution in [0, 0.1) is 5.92 Å². The van der Waals surface area contributed by atoms with E-state index in [1.54, 1.807) is 25.3 Å². The molecule has 0 aliphatic rings. The SMILES string of the molecule is CC(O)CC(C)CNC(=O)Nc1ccc(Br)nc1. The van der Waals surface area contributed by atoms with Gasteiger partial charge in [-0.1, -0.05) is 6.92 Å². The Hall–Kier alpha value is -1.14. The number of hydrogen-bond acceptors (Lipinski definition) is 3. The largest absolute Gasteiger partial charge is 0.393 e. The van der Waals surface area contributed by atoms with Crippen molar-refractivity contribution in [3.63, 3.8) is 0 Å². The number of urea groups is 1. The number of hydrogen-bond donors (Lipinski definition) is 3. The lowest BCUT2D eigenvalue weighted by Crippen LogP contribution is -2.33. The Bertz CT molecular complexity index is 381. The highest BCUT2D eigenvalue weighted by molar-refractivity contribution is 9.10. The number of carbonyl (C=O) groups is 1. The first-order chi connectivity index (χ1) is 8.47. The van der Waals surface area contributed by atoms with Crippen LogP contribution in [-0.2, 0) is 0 Å². The number of nitrogens with zero attached hydrogens (tertiary/aromatic N) is 1. The van der Waals surface area contributed by atoms with Gasteiger partial charge < -0.3 is 15.7 Å². The molecule has 0 fully saturated rings. The molecule has 0 spiro atoms. The lowest BCUT2D eigenvalue weighted by molar-refractivity contribution is 0.163. The van der Waals surface area contributed by atoms with Crippen molar-refractivity contribution >= 4 is 27.6 Å². The van der Waals surface area contributed by atoms with Gasteiger partial charge in [0.2, 0.25) is 0 Å². The van der Waals surface area contributed by atoms with Crippen molar-refractivity contribution in [3.8, 4) is 0 Å². The van der Waals surface area contributed by atoms with Crippen LogP contribution < -0.4 is 10.6 Å². The Morgan fingerprint density at radius 1 is 1.50 bits per heavy atom. The van der Waals surface area contributed by atoms with E-state index in [0.717, 1.165) is 4.60 Å². The average Bonchev–Trinajstić information content (AvgIpc) is 2.29. The quantitative estimate of drug-likeness (QED) is 0.730. The number of nitrogens with one attached hydrogen (secondary N) is 2. The standard InChI is InChI=1S/C12H18BrN3O2/c1-8(5-9(2)17)6-15-12(18)16-10-3-4-11(13)14-7-10/h3-4,7-9,17H,5-6H2,1-2H3,(H2,15,16,18). The molecule has 3 N–H and O–H groups in total. The van der Waals surface area contributed by atoms with Gasteiger partial charge in [-0.2, -0.15) is 0 Å². The highest BCUT2D eigenvalue weighted by Crippen LogP contribution is 2.10. The van der Waals surface area contributed by atoms with Crippen molar-refractivity contribution in [2.75, 3.05) is 11.9 Å². The summed E-state index contributed by atoms with van der Waals surface area (Å²) in [6.07, 6.45) is 1.89. The van der Waals surface area contributed by atoms with Crippen molar-refractivity contribution in [1.29, 1.82) is 0 Å². The summed E-state index contributed by atoms with van der Waals surface area (Å²) >= 11 is 3.22. The number of aromatic nitrogens is 1. The summed E-state index contributed by atoms with van der Waals surface area (Å²) in [5.74, 6) is 0.235. The minimum Gasteiger partial charge on any atom is -0.393 e. The van der Waals surface area contributed by atoms with E-state index in [-0.39, 0.29) is 18.1 Å². The molecular formula is C12H18BrN3O2. The Morgan fingerprint density at radius 2 is 2.22 bits per heavy atom. The third kappa shape index (κ3) is 5.97. The smallest absolute Gasteiger partial charge is 0.319 e. The molecule has 2 atom stereocenters. The first kappa shape index (κ1) is 14.9. The van der Waals surface area contributed by atoms with E-state index < -0.39 is 0 Å². The molecule has 1 aromatic heterocycles. The van der Waals surface area contributed by atoms with Crippen LogP contribution in [0.5, 0.6) is 0 Å². The summed E-state index contributed by atoms with van der Waals surface area (Å²) in [6.45, 7) is 4.25. The molecule has 0 bridgehead atoms. The van der Waals surface area contributed by atoms with Gasteiger partial charge >= 0.3 is 6.03 Å². The maximum absolute atomic E-state index is 11.6. The van der Waals surface area contributed by atoms with Gasteiger partial charge in [0.15, 0.2) is 0 Å². The third-order valence-corrected chi connectivity index (χ3v) is 2.81. The Kier molecular flexibility index (Phi) is 6.07. The normalized spacial score (nSPS) is 13.8. The molecule has 0 aromatic carbocycles. The molecule has 2 amide bonds. The van der Waals surface area contributed by atoms with E-state index in [4.69, 9.17) is 0 Å². The van der Waals surface area contributed by atoms with Gasteiger partial charge in [0, 0.05) is 6.54 Å². The Morgan fingerprint density at radius 3 is 2.78 bits per heavy atom. The second-order valence-electron chi connectivity index (χ2n) is 4.39. The number of aliphatic hydroxyl groups is 1. The lowest BCUT2D eigenvalue weighted by atomic mass is 10.1. The molecule has 0 saturated carbocycles. The zero-order valence-corrected chi connectivity index (χ0v) is 12.1. The third-order valence-electron chi connectivity index (χ3n) is 2.34. The Balaban J connectivity index is 2.31. The maximum Gasteiger partial charge on any atom is 0.319 e. The highest BCUT2D eigenvalue weighted by atomic mass is 79.9. The van der Waals surface area contributed by atoms with Crippen LogP contribution in [-0.4, -0.2) is 28.8 Å². The number of halogens is 1. The van der Waals surface area contributed by atoms with Crippen molar-refractivity contribution in [1.82, 2.24) is 10.3 Å². The molecule has 0 aliphatic carbocycles. The van der Waals surface area contributed by atoms with Gasteiger partial charge in [0.25, 0.3) is 0 Å². The molecule has 0 aliphatic heterocycles. The predicted molar refractivity (Wildman–Crippen MR) is 74.4 cm³/mol. The number of aliphatic hydroxyl groups excluding tert-OH is 1. The van der Waals surface area contributed by atoms with Crippen molar-refractivity contribution in [2.24, 2.45) is 5.92 Å². The second-order valence-corrected chi connectivity index (χ2v) is 5.21. The summed E-state index contributed by atoms with van der Waals surface area (Å²) < 4.78 is 0.721. The van der Waals surface area contributed by atoms with E-state index >= 15 is 0 Å². The van der Waals surface area contributed by atoms with Crippen LogP contribution in [0.15, 0.2) is 22.9 Å². The van der Waals surface area contributed by atoms with Crippen LogP contribution in [0.25, 0.3) is 0 Å². The average molecular weight is 316 g/mol. The first-order valence-corrected chi connectivity index (χ1v) is 6.61. The first-order valence-electron chi connectivity index (χ1n) is 5.82. The summed E-state index contributed by atoms with van der Waals surface area (Å²) in [5, 5.41) is 14.6. The predicted octanol–water partition coefficient (Wildman–Crippen LogP) is 2.37. The molecule has 0 radical (unpaired) electrons. The van der Waals surface area contributed by atoms with E-state index in [1.165, 1.54) is 0 Å². The van der Waals surface area contributed by atoms with Gasteiger partial charge in [-0.25, -0.2) is 9.78 Å². The van der Waals surface area contributed by atoms with Crippen LogP contribution in [0.3, 0.4) is 0 Å². The number of pyridine rings is 1. The fourth-order valence-electron chi connectivity index (χ4n) is 1.56. The molecule has 100 valence electrons. The molecule has 0 saturated heterocycles.